The number of pyridine rings is 1. The molecule has 6 rings (SSSR count). The number of anilines is 1. The Bertz CT molecular complexity index is 1240. The standard InChI is InChI=1S/C28H32N6O2/c1-3-21-12-20(15-30-32-21)26-17(2)23(14-29)28(31-27(26)19-6-7-19)33-9-10-34(24(16-33)18-4-5-18)25(35)13-22-8-11-36-22/h3,12,15,18-19,22,24H,1,4-11,13,16H2,2H3. The Kier molecular flexibility index (Phi) is 5.96. The van der Waals surface area contributed by atoms with Gasteiger partial charge in [0.25, 0.3) is 0 Å². The number of hydrogen-bond acceptors (Lipinski definition) is 7. The summed E-state index contributed by atoms with van der Waals surface area (Å²) < 4.78 is 5.52. The Morgan fingerprint density at radius 2 is 2.08 bits per heavy atom. The van der Waals surface area contributed by atoms with E-state index < -0.39 is 0 Å². The summed E-state index contributed by atoms with van der Waals surface area (Å²) in [6, 6.07) is 4.60. The van der Waals surface area contributed by atoms with Crippen LogP contribution in [0.1, 0.15) is 67.0 Å². The van der Waals surface area contributed by atoms with Crippen LogP contribution in [0.3, 0.4) is 0 Å². The molecule has 8 nitrogen and oxygen atoms in total. The van der Waals surface area contributed by atoms with E-state index in [0.29, 0.717) is 42.6 Å². The van der Waals surface area contributed by atoms with E-state index in [1.807, 2.05) is 13.0 Å². The van der Waals surface area contributed by atoms with E-state index in [-0.39, 0.29) is 18.1 Å². The van der Waals surface area contributed by atoms with Crippen molar-refractivity contribution in [3.8, 4) is 17.2 Å². The van der Waals surface area contributed by atoms with Crippen molar-refractivity contribution in [2.45, 2.75) is 63.5 Å². The third kappa shape index (κ3) is 4.26. The highest BCUT2D eigenvalue weighted by atomic mass is 16.5. The summed E-state index contributed by atoms with van der Waals surface area (Å²) in [4.78, 5) is 22.6. The van der Waals surface area contributed by atoms with Gasteiger partial charge in [0.2, 0.25) is 5.91 Å². The number of ether oxygens (including phenoxy) is 1. The lowest BCUT2D eigenvalue weighted by Crippen LogP contribution is -2.57. The summed E-state index contributed by atoms with van der Waals surface area (Å²) in [6.07, 6.45) is 9.52. The fourth-order valence-corrected chi connectivity index (χ4v) is 5.66. The lowest BCUT2D eigenvalue weighted by Gasteiger charge is -2.43. The third-order valence-corrected chi connectivity index (χ3v) is 8.10. The predicted molar refractivity (Wildman–Crippen MR) is 136 cm³/mol. The fourth-order valence-electron chi connectivity index (χ4n) is 5.66. The lowest BCUT2D eigenvalue weighted by molar-refractivity contribution is -0.142. The minimum atomic E-state index is 0.0859. The number of rotatable bonds is 7. The van der Waals surface area contributed by atoms with Gasteiger partial charge in [-0.2, -0.15) is 15.5 Å². The van der Waals surface area contributed by atoms with E-state index in [9.17, 15) is 10.1 Å². The summed E-state index contributed by atoms with van der Waals surface area (Å²) in [5.74, 6) is 1.91. The van der Waals surface area contributed by atoms with Crippen LogP contribution in [0.5, 0.6) is 0 Å². The zero-order chi connectivity index (χ0) is 24.8. The van der Waals surface area contributed by atoms with Crippen molar-refractivity contribution in [3.05, 3.63) is 41.4 Å². The van der Waals surface area contributed by atoms with Crippen LogP contribution in [0.4, 0.5) is 5.82 Å². The number of carbonyl (C=O) groups is 1. The molecule has 2 saturated carbocycles. The van der Waals surface area contributed by atoms with Crippen LogP contribution in [-0.2, 0) is 9.53 Å². The number of aromatic nitrogens is 3. The first-order chi connectivity index (χ1) is 17.6. The predicted octanol–water partition coefficient (Wildman–Crippen LogP) is 3.85. The first kappa shape index (κ1) is 23.1. The highest BCUT2D eigenvalue weighted by Gasteiger charge is 2.42. The van der Waals surface area contributed by atoms with Gasteiger partial charge in [-0.1, -0.05) is 6.58 Å². The van der Waals surface area contributed by atoms with Gasteiger partial charge >= 0.3 is 0 Å². The fraction of sp³-hybridized carbons (Fsp3) is 0.536. The van der Waals surface area contributed by atoms with Gasteiger partial charge in [0.05, 0.1) is 41.7 Å². The molecule has 0 radical (unpaired) electrons. The average molecular weight is 485 g/mol. The molecular weight excluding hydrogens is 452 g/mol. The van der Waals surface area contributed by atoms with E-state index >= 15 is 0 Å². The molecule has 0 aromatic carbocycles. The largest absolute Gasteiger partial charge is 0.377 e. The Morgan fingerprint density at radius 1 is 1.28 bits per heavy atom. The van der Waals surface area contributed by atoms with Crippen molar-refractivity contribution >= 4 is 17.8 Å². The third-order valence-electron chi connectivity index (χ3n) is 8.10. The van der Waals surface area contributed by atoms with E-state index in [1.54, 1.807) is 12.3 Å². The smallest absolute Gasteiger partial charge is 0.225 e. The first-order valence-corrected chi connectivity index (χ1v) is 13.1. The van der Waals surface area contributed by atoms with Crippen LogP contribution in [0, 0.1) is 24.2 Å². The maximum Gasteiger partial charge on any atom is 0.225 e. The highest BCUT2D eigenvalue weighted by Crippen LogP contribution is 2.47. The van der Waals surface area contributed by atoms with Crippen LogP contribution in [0.25, 0.3) is 17.2 Å². The molecule has 2 aromatic heterocycles. The highest BCUT2D eigenvalue weighted by molar-refractivity contribution is 5.79. The second kappa shape index (κ2) is 9.29. The first-order valence-electron chi connectivity index (χ1n) is 13.1. The number of piperazine rings is 1. The van der Waals surface area contributed by atoms with Crippen LogP contribution < -0.4 is 4.90 Å². The molecule has 2 saturated heterocycles. The van der Waals surface area contributed by atoms with E-state index in [4.69, 9.17) is 9.72 Å². The van der Waals surface area contributed by atoms with Gasteiger partial charge in [-0.15, -0.1) is 0 Å². The minimum absolute atomic E-state index is 0.0859. The number of hydrogen-bond donors (Lipinski definition) is 0. The molecule has 2 unspecified atom stereocenters. The Morgan fingerprint density at radius 3 is 2.72 bits per heavy atom. The topological polar surface area (TPSA) is 95.2 Å². The molecule has 186 valence electrons. The van der Waals surface area contributed by atoms with Crippen LogP contribution in [0.15, 0.2) is 18.8 Å². The number of nitriles is 1. The zero-order valence-corrected chi connectivity index (χ0v) is 20.8. The maximum absolute atomic E-state index is 13.1. The van der Waals surface area contributed by atoms with Crippen LogP contribution >= 0.6 is 0 Å². The van der Waals surface area contributed by atoms with Gasteiger partial charge in [-0.3, -0.25) is 4.79 Å². The molecule has 0 N–H and O–H groups in total. The molecule has 1 amide bonds. The van der Waals surface area contributed by atoms with Crippen molar-refractivity contribution in [2.75, 3.05) is 31.1 Å². The SMILES string of the molecule is C=Cc1cc(-c2c(C3CC3)nc(N3CCN(C(=O)CC4CCO4)C(C4CC4)C3)c(C#N)c2C)cnn1. The lowest BCUT2D eigenvalue weighted by atomic mass is 9.94. The molecule has 4 fully saturated rings. The van der Waals surface area contributed by atoms with Crippen molar-refractivity contribution in [2.24, 2.45) is 5.92 Å². The summed E-state index contributed by atoms with van der Waals surface area (Å²) in [5.41, 5.74) is 5.24. The molecule has 8 heteroatoms. The zero-order valence-electron chi connectivity index (χ0n) is 20.8. The van der Waals surface area contributed by atoms with Crippen LogP contribution in [-0.4, -0.2) is 64.4 Å². The maximum atomic E-state index is 13.1. The minimum Gasteiger partial charge on any atom is -0.377 e. The molecule has 4 heterocycles. The van der Waals surface area contributed by atoms with E-state index in [2.05, 4.69) is 32.6 Å². The van der Waals surface area contributed by atoms with Crippen LogP contribution in [0.2, 0.25) is 0 Å². The second-order valence-corrected chi connectivity index (χ2v) is 10.6. The van der Waals surface area contributed by atoms with E-state index in [1.165, 1.54) is 0 Å². The van der Waals surface area contributed by atoms with Gasteiger partial charge in [-0.05, 0) is 62.7 Å². The van der Waals surface area contributed by atoms with Gasteiger partial charge in [0.1, 0.15) is 11.9 Å². The number of carbonyl (C=O) groups excluding carboxylic acids is 1. The van der Waals surface area contributed by atoms with Gasteiger partial charge in [0.15, 0.2) is 0 Å². The van der Waals surface area contributed by atoms with Crippen molar-refractivity contribution in [3.63, 3.8) is 0 Å². The monoisotopic (exact) mass is 484 g/mol. The van der Waals surface area contributed by atoms with E-state index in [0.717, 1.165) is 73.5 Å². The number of amides is 1. The molecule has 2 aromatic rings. The molecular formula is C28H32N6O2. The average Bonchev–Trinajstić information content (AvgIpc) is 3.78. The molecule has 2 aliphatic carbocycles. The molecule has 0 bridgehead atoms. The molecule has 2 atom stereocenters. The molecule has 36 heavy (non-hydrogen) atoms. The number of nitrogens with zero attached hydrogens (tertiary/aromatic N) is 6. The van der Waals surface area contributed by atoms with Gasteiger partial charge < -0.3 is 14.5 Å². The Balaban J connectivity index is 1.34. The van der Waals surface area contributed by atoms with Crippen molar-refractivity contribution < 1.29 is 9.53 Å². The summed E-state index contributed by atoms with van der Waals surface area (Å²) in [6.45, 7) is 8.69. The van der Waals surface area contributed by atoms with Crippen molar-refractivity contribution in [1.29, 1.82) is 5.26 Å². The molecule has 4 aliphatic rings. The van der Waals surface area contributed by atoms with Crippen molar-refractivity contribution in [1.82, 2.24) is 20.1 Å². The second-order valence-electron chi connectivity index (χ2n) is 10.6. The Labute approximate surface area is 212 Å². The molecule has 2 aliphatic heterocycles. The summed E-state index contributed by atoms with van der Waals surface area (Å²) in [7, 11) is 0. The summed E-state index contributed by atoms with van der Waals surface area (Å²) >= 11 is 0. The Hall–Kier alpha value is -3.31. The van der Waals surface area contributed by atoms with Gasteiger partial charge in [-0.25, -0.2) is 4.98 Å². The summed E-state index contributed by atoms with van der Waals surface area (Å²) in [5, 5.41) is 18.5. The molecule has 0 spiro atoms. The van der Waals surface area contributed by atoms with Gasteiger partial charge in [0, 0.05) is 43.3 Å². The quantitative estimate of drug-likeness (QED) is 0.589. The normalized spacial score (nSPS) is 23.7.